The molecule has 1 heterocycles. The Morgan fingerprint density at radius 1 is 1.67 bits per heavy atom. The van der Waals surface area contributed by atoms with Gasteiger partial charge in [-0.3, -0.25) is 4.79 Å². The lowest BCUT2D eigenvalue weighted by atomic mass is 11.0. The Hall–Kier alpha value is -1.24. The van der Waals surface area contributed by atoms with E-state index in [1.54, 1.807) is 25.8 Å². The van der Waals surface area contributed by atoms with E-state index in [-0.39, 0.29) is 0 Å². The molecule has 7 heteroatoms. The molecule has 0 saturated heterocycles. The first-order chi connectivity index (χ1) is 5.57. The fourth-order valence-corrected chi connectivity index (χ4v) is 0.324. The van der Waals surface area contributed by atoms with Crippen LogP contribution in [-0.4, -0.2) is 45.6 Å². The molecule has 0 aliphatic rings. The quantitative estimate of drug-likeness (QED) is 0.481. The average molecular weight is 189 g/mol. The molecule has 1 rings (SSSR count). The molecular formula is C5H11N5OS. The maximum atomic E-state index is 9.43. The second-order valence-electron chi connectivity index (χ2n) is 2.21. The topological polar surface area (TPSA) is 66.8 Å². The molecular weight excluding hydrogens is 178 g/mol. The fourth-order valence-electron chi connectivity index (χ4n) is 0.242. The maximum Gasteiger partial charge on any atom is 0.237 e. The van der Waals surface area contributed by atoms with E-state index >= 15 is 0 Å². The number of amides is 1. The molecule has 0 radical (unpaired) electrons. The fraction of sp³-hybridized carbons (Fsp3) is 0.600. The molecule has 1 aromatic heterocycles. The molecule has 0 aliphatic carbocycles. The normalized spacial score (nSPS) is 8.25. The number of aromatic nitrogens is 4. The van der Waals surface area contributed by atoms with Gasteiger partial charge in [-0.15, -0.1) is 0 Å². The smallest absolute Gasteiger partial charge is 0.237 e. The van der Waals surface area contributed by atoms with E-state index < -0.39 is 0 Å². The van der Waals surface area contributed by atoms with E-state index in [0.29, 0.717) is 4.77 Å². The molecule has 0 unspecified atom stereocenters. The number of aryl methyl sites for hydroxylation is 1. The summed E-state index contributed by atoms with van der Waals surface area (Å²) in [6, 6.07) is 0. The van der Waals surface area contributed by atoms with Gasteiger partial charge in [0, 0.05) is 21.1 Å². The summed E-state index contributed by atoms with van der Waals surface area (Å²) in [6.45, 7) is 0. The van der Waals surface area contributed by atoms with Gasteiger partial charge < -0.3 is 4.90 Å². The number of hydrogen-bond acceptors (Lipinski definition) is 4. The highest BCUT2D eigenvalue weighted by molar-refractivity contribution is 7.71. The third-order valence-corrected chi connectivity index (χ3v) is 1.18. The third-order valence-electron chi connectivity index (χ3n) is 0.828. The minimum atomic E-state index is 0.472. The van der Waals surface area contributed by atoms with Crippen LogP contribution in [0, 0.1) is 4.77 Å². The van der Waals surface area contributed by atoms with Gasteiger partial charge in [0.25, 0.3) is 0 Å². The summed E-state index contributed by atoms with van der Waals surface area (Å²) in [4.78, 5) is 10.9. The Labute approximate surface area is 75.2 Å². The summed E-state index contributed by atoms with van der Waals surface area (Å²) < 4.78 is 2.02. The Balaban J connectivity index is 0.000000217. The van der Waals surface area contributed by atoms with E-state index in [1.165, 1.54) is 4.90 Å². The number of nitrogens with one attached hydrogen (secondary N) is 1. The van der Waals surface area contributed by atoms with Gasteiger partial charge >= 0.3 is 0 Å². The maximum absolute atomic E-state index is 9.43. The molecule has 0 atom stereocenters. The predicted molar refractivity (Wildman–Crippen MR) is 45.9 cm³/mol. The number of H-pyrrole nitrogens is 1. The number of hydrogen-bond donors (Lipinski definition) is 1. The lowest BCUT2D eigenvalue weighted by Crippen LogP contribution is -2.06. The lowest BCUT2D eigenvalue weighted by Gasteiger charge is -1.93. The van der Waals surface area contributed by atoms with E-state index in [4.69, 9.17) is 0 Å². The van der Waals surface area contributed by atoms with Crippen LogP contribution in [-0.2, 0) is 11.8 Å². The van der Waals surface area contributed by atoms with Crippen LogP contribution in [0.5, 0.6) is 0 Å². The molecule has 12 heavy (non-hydrogen) atoms. The van der Waals surface area contributed by atoms with Crippen molar-refractivity contribution in [1.82, 2.24) is 25.1 Å². The van der Waals surface area contributed by atoms with E-state index in [1.807, 2.05) is 0 Å². The van der Waals surface area contributed by atoms with Crippen molar-refractivity contribution in [1.29, 1.82) is 0 Å². The van der Waals surface area contributed by atoms with Crippen LogP contribution in [0.2, 0.25) is 0 Å². The number of carbonyl (C=O) groups excluding carboxylic acids is 1. The first kappa shape index (κ1) is 10.8. The Morgan fingerprint density at radius 3 is 2.25 bits per heavy atom. The molecule has 0 saturated carbocycles. The van der Waals surface area contributed by atoms with Gasteiger partial charge in [-0.2, -0.15) is 5.21 Å². The molecule has 68 valence electrons. The SMILES string of the molecule is CN(C)C=O.Cn1[nH]nnc1=S. The monoisotopic (exact) mass is 189 g/mol. The number of carbonyl (C=O) groups is 1. The summed E-state index contributed by atoms with van der Waals surface area (Å²) in [5, 5.41) is 9.41. The summed E-state index contributed by atoms with van der Waals surface area (Å²) in [5.74, 6) is 0. The van der Waals surface area contributed by atoms with Crippen molar-refractivity contribution in [2.45, 2.75) is 0 Å². The molecule has 0 aliphatic heterocycles. The van der Waals surface area contributed by atoms with Crippen LogP contribution in [0.1, 0.15) is 0 Å². The highest BCUT2D eigenvalue weighted by atomic mass is 32.1. The molecule has 0 spiro atoms. The van der Waals surface area contributed by atoms with Crippen molar-refractivity contribution in [3.05, 3.63) is 4.77 Å². The van der Waals surface area contributed by atoms with Gasteiger partial charge in [0.2, 0.25) is 11.2 Å². The van der Waals surface area contributed by atoms with Gasteiger partial charge in [-0.05, 0) is 12.2 Å². The zero-order chi connectivity index (χ0) is 9.56. The average Bonchev–Trinajstić information content (AvgIpc) is 2.37. The first-order valence-corrected chi connectivity index (χ1v) is 3.54. The standard InChI is InChI=1S/C3H7NO.C2H4N4S/c1-4(2)3-5;1-6-2(7)3-4-5-6/h3H,1-2H3;1H3,(H,3,5,7). The second kappa shape index (κ2) is 5.42. The molecule has 0 fully saturated rings. The predicted octanol–water partition coefficient (Wildman–Crippen LogP) is -0.423. The molecule has 1 aromatic rings. The largest absolute Gasteiger partial charge is 0.351 e. The first-order valence-electron chi connectivity index (χ1n) is 3.13. The number of rotatable bonds is 1. The third kappa shape index (κ3) is 4.56. The number of aromatic amines is 1. The van der Waals surface area contributed by atoms with Crippen molar-refractivity contribution in [3.8, 4) is 0 Å². The van der Waals surface area contributed by atoms with E-state index in [0.717, 1.165) is 6.41 Å². The number of nitrogens with zero attached hydrogens (tertiary/aromatic N) is 4. The molecule has 1 amide bonds. The van der Waals surface area contributed by atoms with Gasteiger partial charge in [0.05, 0.1) is 0 Å². The molecule has 6 nitrogen and oxygen atoms in total. The molecule has 0 bridgehead atoms. The zero-order valence-electron chi connectivity index (χ0n) is 7.18. The summed E-state index contributed by atoms with van der Waals surface area (Å²) in [5.41, 5.74) is 0. The molecule has 1 N–H and O–H groups in total. The van der Waals surface area contributed by atoms with Gasteiger partial charge in [0.1, 0.15) is 0 Å². The number of tetrazole rings is 1. The van der Waals surface area contributed by atoms with Crippen molar-refractivity contribution >= 4 is 18.6 Å². The van der Waals surface area contributed by atoms with Crippen LogP contribution >= 0.6 is 12.2 Å². The summed E-state index contributed by atoms with van der Waals surface area (Å²) in [6.07, 6.45) is 0.750. The van der Waals surface area contributed by atoms with Crippen molar-refractivity contribution in [2.24, 2.45) is 7.05 Å². The van der Waals surface area contributed by atoms with Crippen molar-refractivity contribution in [2.75, 3.05) is 14.1 Å². The van der Waals surface area contributed by atoms with Gasteiger partial charge in [-0.25, -0.2) is 4.68 Å². The van der Waals surface area contributed by atoms with Crippen molar-refractivity contribution < 1.29 is 4.79 Å². The van der Waals surface area contributed by atoms with Crippen molar-refractivity contribution in [3.63, 3.8) is 0 Å². The van der Waals surface area contributed by atoms with Gasteiger partial charge in [0.15, 0.2) is 0 Å². The van der Waals surface area contributed by atoms with Crippen LogP contribution in [0.25, 0.3) is 0 Å². The highest BCUT2D eigenvalue weighted by Crippen LogP contribution is 1.71. The zero-order valence-corrected chi connectivity index (χ0v) is 8.00. The second-order valence-corrected chi connectivity index (χ2v) is 2.58. The summed E-state index contributed by atoms with van der Waals surface area (Å²) in [7, 11) is 5.13. The molecule has 0 aromatic carbocycles. The Kier molecular flexibility index (Phi) is 4.86. The minimum absolute atomic E-state index is 0.472. The van der Waals surface area contributed by atoms with E-state index in [9.17, 15) is 4.79 Å². The lowest BCUT2D eigenvalue weighted by molar-refractivity contribution is -0.115. The summed E-state index contributed by atoms with van der Waals surface area (Å²) >= 11 is 4.64. The van der Waals surface area contributed by atoms with Crippen LogP contribution in [0.4, 0.5) is 0 Å². The van der Waals surface area contributed by atoms with Crippen LogP contribution < -0.4 is 0 Å². The van der Waals surface area contributed by atoms with Gasteiger partial charge in [-0.1, -0.05) is 10.3 Å². The van der Waals surface area contributed by atoms with Crippen LogP contribution in [0.3, 0.4) is 0 Å². The highest BCUT2D eigenvalue weighted by Gasteiger charge is 1.79. The van der Waals surface area contributed by atoms with Crippen LogP contribution in [0.15, 0.2) is 0 Å². The Morgan fingerprint density at radius 2 is 2.17 bits per heavy atom. The Bertz CT molecular complexity index is 277. The minimum Gasteiger partial charge on any atom is -0.351 e. The van der Waals surface area contributed by atoms with E-state index in [2.05, 4.69) is 27.7 Å².